The molecular weight excluding hydrogens is 299 g/mol. The number of hydrogen-bond donors (Lipinski definition) is 1. The molecule has 1 saturated heterocycles. The maximum Gasteiger partial charge on any atom is 0.225 e. The van der Waals surface area contributed by atoms with Crippen molar-refractivity contribution in [3.8, 4) is 10.6 Å². The van der Waals surface area contributed by atoms with Gasteiger partial charge in [-0.3, -0.25) is 0 Å². The van der Waals surface area contributed by atoms with Gasteiger partial charge in [0, 0.05) is 19.1 Å². The van der Waals surface area contributed by atoms with Crippen LogP contribution in [0.3, 0.4) is 0 Å². The van der Waals surface area contributed by atoms with Crippen LogP contribution < -0.4 is 10.2 Å². The van der Waals surface area contributed by atoms with Crippen LogP contribution in [0.25, 0.3) is 16.6 Å². The lowest BCUT2D eigenvalue weighted by atomic mass is 10.2. The van der Waals surface area contributed by atoms with E-state index in [0.717, 1.165) is 42.4 Å². The van der Waals surface area contributed by atoms with Crippen LogP contribution in [0.1, 0.15) is 24.6 Å². The molecular formula is C16H17FN4S. The van der Waals surface area contributed by atoms with Crippen molar-refractivity contribution in [1.29, 1.82) is 0 Å². The molecule has 0 spiro atoms. The van der Waals surface area contributed by atoms with Crippen LogP contribution >= 0.6 is 11.3 Å². The van der Waals surface area contributed by atoms with Gasteiger partial charge in [-0.15, -0.1) is 11.3 Å². The molecule has 1 fully saturated rings. The normalized spacial score (nSPS) is 20.1. The van der Waals surface area contributed by atoms with Crippen molar-refractivity contribution < 1.29 is 4.39 Å². The zero-order valence-electron chi connectivity index (χ0n) is 12.3. The summed E-state index contributed by atoms with van der Waals surface area (Å²) in [5.41, 5.74) is 0.477. The number of hydrogen-bond acceptors (Lipinski definition) is 5. The van der Waals surface area contributed by atoms with Gasteiger partial charge < -0.3 is 10.2 Å². The fourth-order valence-electron chi connectivity index (χ4n) is 2.87. The van der Waals surface area contributed by atoms with E-state index in [4.69, 9.17) is 0 Å². The minimum Gasteiger partial charge on any atom is -0.363 e. The molecule has 0 bridgehead atoms. The molecule has 2 aliphatic heterocycles. The number of halogens is 1. The number of nitrogens with one attached hydrogen (secondary N) is 1. The van der Waals surface area contributed by atoms with Gasteiger partial charge in [-0.1, -0.05) is 6.08 Å². The molecule has 0 saturated carbocycles. The Bertz CT molecular complexity index is 734. The molecule has 2 aromatic heterocycles. The Morgan fingerprint density at radius 1 is 1.27 bits per heavy atom. The number of anilines is 2. The summed E-state index contributed by atoms with van der Waals surface area (Å²) >= 11 is 1.49. The van der Waals surface area contributed by atoms with E-state index < -0.39 is 5.95 Å². The third-order valence-corrected chi connectivity index (χ3v) is 5.10. The lowest BCUT2D eigenvalue weighted by Gasteiger charge is -2.16. The largest absolute Gasteiger partial charge is 0.363 e. The molecule has 0 aromatic carbocycles. The third kappa shape index (κ3) is 2.37. The van der Waals surface area contributed by atoms with Gasteiger partial charge in [0.05, 0.1) is 10.4 Å². The van der Waals surface area contributed by atoms with E-state index in [9.17, 15) is 4.39 Å². The van der Waals surface area contributed by atoms with Gasteiger partial charge in [-0.05, 0) is 38.0 Å². The van der Waals surface area contributed by atoms with Gasteiger partial charge in [0.1, 0.15) is 16.6 Å². The molecule has 4 rings (SSSR count). The van der Waals surface area contributed by atoms with Crippen LogP contribution in [0.15, 0.2) is 18.2 Å². The zero-order valence-corrected chi connectivity index (χ0v) is 13.2. The summed E-state index contributed by atoms with van der Waals surface area (Å²) in [7, 11) is 0. The quantitative estimate of drug-likeness (QED) is 0.856. The summed E-state index contributed by atoms with van der Waals surface area (Å²) in [4.78, 5) is 11.8. The first kappa shape index (κ1) is 13.7. The second-order valence-electron chi connectivity index (χ2n) is 5.73. The molecule has 1 N–H and O–H groups in total. The van der Waals surface area contributed by atoms with Crippen molar-refractivity contribution in [1.82, 2.24) is 9.97 Å². The molecule has 6 heteroatoms. The molecule has 2 aromatic rings. The van der Waals surface area contributed by atoms with E-state index in [1.165, 1.54) is 11.3 Å². The van der Waals surface area contributed by atoms with Gasteiger partial charge in [0.25, 0.3) is 0 Å². The molecule has 1 atom stereocenters. The Hall–Kier alpha value is -1.95. The number of thiazole rings is 1. The maximum atomic E-state index is 14.4. The molecule has 0 amide bonds. The summed E-state index contributed by atoms with van der Waals surface area (Å²) in [6.45, 7) is 3.99. The van der Waals surface area contributed by atoms with Gasteiger partial charge in [0.2, 0.25) is 5.95 Å². The van der Waals surface area contributed by atoms with Crippen LogP contribution in [0.4, 0.5) is 16.0 Å². The number of rotatable bonds is 2. The molecule has 4 nitrogen and oxygen atoms in total. The Kier molecular flexibility index (Phi) is 3.33. The van der Waals surface area contributed by atoms with E-state index in [-0.39, 0.29) is 6.04 Å². The number of nitrogens with zero attached hydrogens (tertiary/aromatic N) is 3. The minimum absolute atomic E-state index is 0.253. The molecule has 1 unspecified atom stereocenters. The highest BCUT2D eigenvalue weighted by atomic mass is 32.1. The predicted octanol–water partition coefficient (Wildman–Crippen LogP) is 3.77. The fourth-order valence-corrected chi connectivity index (χ4v) is 3.82. The summed E-state index contributed by atoms with van der Waals surface area (Å²) in [5.74, 6) is 1.12. The van der Waals surface area contributed by atoms with Crippen molar-refractivity contribution in [2.75, 3.05) is 23.3 Å². The van der Waals surface area contributed by atoms with Gasteiger partial charge in [-0.25, -0.2) is 9.97 Å². The topological polar surface area (TPSA) is 41.1 Å². The second kappa shape index (κ2) is 5.35. The Balaban J connectivity index is 1.67. The fraction of sp³-hybridized carbons (Fsp3) is 0.375. The first-order valence-electron chi connectivity index (χ1n) is 7.58. The zero-order chi connectivity index (χ0) is 15.1. The summed E-state index contributed by atoms with van der Waals surface area (Å²) in [5, 5.41) is 3.96. The molecule has 0 radical (unpaired) electrons. The Morgan fingerprint density at radius 2 is 2.09 bits per heavy atom. The average Bonchev–Trinajstić information content (AvgIpc) is 3.15. The molecule has 22 heavy (non-hydrogen) atoms. The van der Waals surface area contributed by atoms with Gasteiger partial charge in [-0.2, -0.15) is 4.39 Å². The maximum absolute atomic E-state index is 14.4. The van der Waals surface area contributed by atoms with E-state index in [1.54, 1.807) is 6.07 Å². The smallest absolute Gasteiger partial charge is 0.225 e. The SMILES string of the molecule is CC1C=Cc2sc(-c3ccc(N4CCCC4)nc3F)nc2N1. The Morgan fingerprint density at radius 3 is 2.86 bits per heavy atom. The van der Waals surface area contributed by atoms with E-state index in [2.05, 4.69) is 33.2 Å². The van der Waals surface area contributed by atoms with Crippen molar-refractivity contribution in [3.63, 3.8) is 0 Å². The van der Waals surface area contributed by atoms with Crippen LogP contribution in [-0.4, -0.2) is 29.1 Å². The van der Waals surface area contributed by atoms with Crippen LogP contribution in [-0.2, 0) is 0 Å². The minimum atomic E-state index is -0.437. The van der Waals surface area contributed by atoms with Crippen LogP contribution in [0.2, 0.25) is 0 Å². The molecule has 2 aliphatic rings. The average molecular weight is 316 g/mol. The Labute approximate surface area is 132 Å². The molecule has 114 valence electrons. The van der Waals surface area contributed by atoms with Crippen molar-refractivity contribution in [2.24, 2.45) is 0 Å². The molecule has 0 aliphatic carbocycles. The highest BCUT2D eigenvalue weighted by Gasteiger charge is 2.20. The standard InChI is InChI=1S/C16H17FN4S/c1-10-4-6-12-15(18-10)20-16(22-12)11-5-7-13(19-14(11)17)21-8-2-3-9-21/h4-7,10,18H,2-3,8-9H2,1H3. The van der Waals surface area contributed by atoms with Crippen molar-refractivity contribution in [3.05, 3.63) is 29.0 Å². The van der Waals surface area contributed by atoms with E-state index >= 15 is 0 Å². The number of aromatic nitrogens is 2. The molecule has 4 heterocycles. The van der Waals surface area contributed by atoms with Crippen molar-refractivity contribution >= 4 is 29.0 Å². The first-order valence-corrected chi connectivity index (χ1v) is 8.40. The lowest BCUT2D eigenvalue weighted by Crippen LogP contribution is -2.19. The number of pyridine rings is 1. The van der Waals surface area contributed by atoms with Gasteiger partial charge in [0.15, 0.2) is 0 Å². The second-order valence-corrected chi connectivity index (χ2v) is 6.76. The highest BCUT2D eigenvalue weighted by molar-refractivity contribution is 7.16. The first-order chi connectivity index (χ1) is 10.7. The predicted molar refractivity (Wildman–Crippen MR) is 88.9 cm³/mol. The summed E-state index contributed by atoms with van der Waals surface area (Å²) in [6, 6.07) is 3.95. The van der Waals surface area contributed by atoms with Crippen LogP contribution in [0, 0.1) is 5.95 Å². The van der Waals surface area contributed by atoms with Crippen molar-refractivity contribution in [2.45, 2.75) is 25.8 Å². The summed E-state index contributed by atoms with van der Waals surface area (Å²) < 4.78 is 14.4. The van der Waals surface area contributed by atoms with Gasteiger partial charge >= 0.3 is 0 Å². The highest BCUT2D eigenvalue weighted by Crippen LogP contribution is 2.35. The van der Waals surface area contributed by atoms with Crippen LogP contribution in [0.5, 0.6) is 0 Å². The summed E-state index contributed by atoms with van der Waals surface area (Å²) in [6.07, 6.45) is 6.43. The third-order valence-electron chi connectivity index (χ3n) is 4.05. The monoisotopic (exact) mass is 316 g/mol. The van der Waals surface area contributed by atoms with E-state index in [1.807, 2.05) is 12.1 Å². The lowest BCUT2D eigenvalue weighted by molar-refractivity contribution is 0.586. The van der Waals surface area contributed by atoms with E-state index in [0.29, 0.717) is 10.6 Å². The number of fused-ring (bicyclic) bond motifs is 1.